The first-order valence-corrected chi connectivity index (χ1v) is 7.19. The molecule has 1 N–H and O–H groups in total. The molecule has 0 bridgehead atoms. The third-order valence-electron chi connectivity index (χ3n) is 2.96. The number of hydrogen-bond acceptors (Lipinski definition) is 4. The number of halogens is 1. The number of nitrogens with one attached hydrogen (secondary N) is 1. The Balaban J connectivity index is 1.95. The Hall–Kier alpha value is -2.09. The number of rotatable bonds is 2. The number of aryl methyl sites for hydroxylation is 1. The minimum absolute atomic E-state index is 0.440. The van der Waals surface area contributed by atoms with Gasteiger partial charge >= 0.3 is 0 Å². The summed E-state index contributed by atoms with van der Waals surface area (Å²) in [5.41, 5.74) is 3.47. The van der Waals surface area contributed by atoms with Crippen molar-refractivity contribution < 1.29 is 0 Å². The van der Waals surface area contributed by atoms with E-state index in [-0.39, 0.29) is 0 Å². The summed E-state index contributed by atoms with van der Waals surface area (Å²) in [5, 5.41) is 13.3. The summed E-state index contributed by atoms with van der Waals surface area (Å²) in [6.45, 7) is 2.05. The molecule has 0 saturated carbocycles. The highest BCUT2D eigenvalue weighted by Gasteiger charge is 2.07. The van der Waals surface area contributed by atoms with Crippen molar-refractivity contribution in [2.75, 3.05) is 5.32 Å². The van der Waals surface area contributed by atoms with Gasteiger partial charge in [0.2, 0.25) is 0 Å². The number of nitrogens with zero attached hydrogens (tertiary/aromatic N) is 2. The molecule has 0 aliphatic rings. The minimum Gasteiger partial charge on any atom is -0.331 e. The molecule has 0 spiro atoms. The van der Waals surface area contributed by atoms with E-state index in [0.29, 0.717) is 10.6 Å². The first-order valence-electron chi connectivity index (χ1n) is 6.00. The van der Waals surface area contributed by atoms with Crippen LogP contribution in [0.4, 0.5) is 10.8 Å². The van der Waals surface area contributed by atoms with Gasteiger partial charge in [0.05, 0.1) is 20.8 Å². The molecule has 20 heavy (non-hydrogen) atoms. The molecule has 1 aromatic heterocycles. The fourth-order valence-electron chi connectivity index (χ4n) is 1.95. The van der Waals surface area contributed by atoms with Crippen LogP contribution >= 0.6 is 22.9 Å². The molecule has 2 aromatic carbocycles. The molecule has 0 saturated heterocycles. The van der Waals surface area contributed by atoms with E-state index in [0.717, 1.165) is 26.6 Å². The van der Waals surface area contributed by atoms with E-state index >= 15 is 0 Å². The van der Waals surface area contributed by atoms with Gasteiger partial charge in [-0.05, 0) is 36.8 Å². The SMILES string of the molecule is Cc1cccc2sc(Nc3ccc(C#N)c(Cl)c3)nc12. The van der Waals surface area contributed by atoms with Crippen molar-refractivity contribution in [2.24, 2.45) is 0 Å². The second-order valence-corrected chi connectivity index (χ2v) is 5.81. The van der Waals surface area contributed by atoms with Crippen LogP contribution in [-0.2, 0) is 0 Å². The molecule has 0 aliphatic heterocycles. The van der Waals surface area contributed by atoms with Crippen molar-refractivity contribution >= 4 is 44.0 Å². The van der Waals surface area contributed by atoms with Crippen LogP contribution < -0.4 is 5.32 Å². The number of hydrogen-bond donors (Lipinski definition) is 1. The first-order chi connectivity index (χ1) is 9.67. The lowest BCUT2D eigenvalue weighted by atomic mass is 10.2. The molecule has 5 heteroatoms. The van der Waals surface area contributed by atoms with E-state index in [1.807, 2.05) is 31.2 Å². The van der Waals surface area contributed by atoms with Gasteiger partial charge in [-0.3, -0.25) is 0 Å². The average Bonchev–Trinajstić information content (AvgIpc) is 2.83. The normalized spacial score (nSPS) is 10.4. The third-order valence-corrected chi connectivity index (χ3v) is 4.21. The molecule has 0 amide bonds. The minimum atomic E-state index is 0.440. The largest absolute Gasteiger partial charge is 0.331 e. The standard InChI is InChI=1S/C15H10ClN3S/c1-9-3-2-4-13-14(9)19-15(20-13)18-11-6-5-10(8-17)12(16)7-11/h2-7H,1H3,(H,18,19). The van der Waals surface area contributed by atoms with Gasteiger partial charge in [0, 0.05) is 5.69 Å². The Morgan fingerprint density at radius 2 is 2.15 bits per heavy atom. The van der Waals surface area contributed by atoms with Crippen LogP contribution in [0.1, 0.15) is 11.1 Å². The van der Waals surface area contributed by atoms with Crippen LogP contribution in [0, 0.1) is 18.3 Å². The van der Waals surface area contributed by atoms with Crippen LogP contribution in [0.2, 0.25) is 5.02 Å². The molecule has 0 fully saturated rings. The topological polar surface area (TPSA) is 48.7 Å². The predicted molar refractivity (Wildman–Crippen MR) is 83.8 cm³/mol. The van der Waals surface area contributed by atoms with Gasteiger partial charge in [0.1, 0.15) is 6.07 Å². The van der Waals surface area contributed by atoms with Gasteiger partial charge in [-0.15, -0.1) is 0 Å². The molecule has 3 aromatic rings. The van der Waals surface area contributed by atoms with Gasteiger partial charge in [0.25, 0.3) is 0 Å². The van der Waals surface area contributed by atoms with Crippen LogP contribution in [-0.4, -0.2) is 4.98 Å². The Bertz CT molecular complexity index is 833. The first kappa shape index (κ1) is 12.9. The van der Waals surface area contributed by atoms with E-state index < -0.39 is 0 Å². The number of para-hydroxylation sites is 1. The fourth-order valence-corrected chi connectivity index (χ4v) is 3.13. The Morgan fingerprint density at radius 3 is 2.85 bits per heavy atom. The maximum Gasteiger partial charge on any atom is 0.188 e. The summed E-state index contributed by atoms with van der Waals surface area (Å²) < 4.78 is 1.15. The smallest absolute Gasteiger partial charge is 0.188 e. The van der Waals surface area contributed by atoms with Crippen molar-refractivity contribution in [3.63, 3.8) is 0 Å². The zero-order valence-corrected chi connectivity index (χ0v) is 12.2. The third kappa shape index (κ3) is 2.34. The van der Waals surface area contributed by atoms with Crippen molar-refractivity contribution in [1.82, 2.24) is 4.98 Å². The zero-order valence-electron chi connectivity index (χ0n) is 10.6. The van der Waals surface area contributed by atoms with E-state index in [2.05, 4.69) is 16.4 Å². The molecule has 0 aliphatic carbocycles. The summed E-state index contributed by atoms with van der Waals surface area (Å²) in [4.78, 5) is 4.58. The van der Waals surface area contributed by atoms with Crippen molar-refractivity contribution in [3.8, 4) is 6.07 Å². The van der Waals surface area contributed by atoms with E-state index in [4.69, 9.17) is 16.9 Å². The quantitative estimate of drug-likeness (QED) is 0.734. The number of anilines is 2. The maximum absolute atomic E-state index is 8.86. The van der Waals surface area contributed by atoms with Crippen LogP contribution in [0.25, 0.3) is 10.2 Å². The van der Waals surface area contributed by atoms with Crippen molar-refractivity contribution in [3.05, 3.63) is 52.5 Å². The van der Waals surface area contributed by atoms with Gasteiger partial charge in [-0.1, -0.05) is 35.1 Å². The lowest BCUT2D eigenvalue weighted by molar-refractivity contribution is 1.40. The summed E-state index contributed by atoms with van der Waals surface area (Å²) in [6, 6.07) is 13.4. The second kappa shape index (κ2) is 5.12. The fraction of sp³-hybridized carbons (Fsp3) is 0.0667. The van der Waals surface area contributed by atoms with Gasteiger partial charge in [0.15, 0.2) is 5.13 Å². The molecule has 3 rings (SSSR count). The van der Waals surface area contributed by atoms with Crippen LogP contribution in [0.5, 0.6) is 0 Å². The predicted octanol–water partition coefficient (Wildman–Crippen LogP) is 4.87. The van der Waals surface area contributed by atoms with Crippen molar-refractivity contribution in [1.29, 1.82) is 5.26 Å². The Labute approximate surface area is 125 Å². The number of benzene rings is 2. The molecule has 3 nitrogen and oxygen atoms in total. The van der Waals surface area contributed by atoms with Gasteiger partial charge < -0.3 is 5.32 Å². The summed E-state index contributed by atoms with van der Waals surface area (Å²) in [5.74, 6) is 0. The lowest BCUT2D eigenvalue weighted by Crippen LogP contribution is -1.90. The van der Waals surface area contributed by atoms with Crippen LogP contribution in [0.3, 0.4) is 0 Å². The number of thiazole rings is 1. The zero-order chi connectivity index (χ0) is 14.1. The summed E-state index contributed by atoms with van der Waals surface area (Å²) in [6.07, 6.45) is 0. The molecule has 98 valence electrons. The molecule has 0 atom stereocenters. The van der Waals surface area contributed by atoms with E-state index in [1.54, 1.807) is 23.5 Å². The number of aromatic nitrogens is 1. The maximum atomic E-state index is 8.86. The van der Waals surface area contributed by atoms with Gasteiger partial charge in [-0.2, -0.15) is 5.26 Å². The summed E-state index contributed by atoms with van der Waals surface area (Å²) in [7, 11) is 0. The number of nitriles is 1. The lowest BCUT2D eigenvalue weighted by Gasteiger charge is -2.03. The second-order valence-electron chi connectivity index (χ2n) is 4.37. The molecular weight excluding hydrogens is 290 g/mol. The molecule has 0 unspecified atom stereocenters. The summed E-state index contributed by atoms with van der Waals surface area (Å²) >= 11 is 7.61. The van der Waals surface area contributed by atoms with Gasteiger partial charge in [-0.25, -0.2) is 4.98 Å². The Kier molecular flexibility index (Phi) is 3.31. The molecule has 0 radical (unpaired) electrons. The molecule has 1 heterocycles. The average molecular weight is 300 g/mol. The Morgan fingerprint density at radius 1 is 1.30 bits per heavy atom. The van der Waals surface area contributed by atoms with Crippen molar-refractivity contribution in [2.45, 2.75) is 6.92 Å². The highest BCUT2D eigenvalue weighted by Crippen LogP contribution is 2.31. The highest BCUT2D eigenvalue weighted by atomic mass is 35.5. The monoisotopic (exact) mass is 299 g/mol. The van der Waals surface area contributed by atoms with E-state index in [1.165, 1.54) is 0 Å². The highest BCUT2D eigenvalue weighted by molar-refractivity contribution is 7.22. The number of fused-ring (bicyclic) bond motifs is 1. The molecular formula is C15H10ClN3S. The van der Waals surface area contributed by atoms with E-state index in [9.17, 15) is 0 Å². The van der Waals surface area contributed by atoms with Crippen LogP contribution in [0.15, 0.2) is 36.4 Å².